The molecular formula is C24H24N6O2. The third-order valence-corrected chi connectivity index (χ3v) is 5.13. The largest absolute Gasteiger partial charge is 0.378 e. The molecule has 0 radical (unpaired) electrons. The van der Waals surface area contributed by atoms with Gasteiger partial charge in [0.05, 0.1) is 36.0 Å². The number of anilines is 2. The molecule has 0 aliphatic carbocycles. The minimum Gasteiger partial charge on any atom is -0.378 e. The maximum atomic E-state index is 13.1. The van der Waals surface area contributed by atoms with E-state index in [9.17, 15) is 4.79 Å². The molecular weight excluding hydrogens is 404 g/mol. The van der Waals surface area contributed by atoms with E-state index in [0.717, 1.165) is 40.1 Å². The van der Waals surface area contributed by atoms with Gasteiger partial charge >= 0.3 is 0 Å². The summed E-state index contributed by atoms with van der Waals surface area (Å²) in [4.78, 5) is 25.9. The van der Waals surface area contributed by atoms with Gasteiger partial charge in [0.1, 0.15) is 17.5 Å². The standard InChI is InChI=1S/C24H24N6O2/c1-16-26-15-21(29(16)2)17-3-4-19-14-27-22(12-20(19)11-17)28-24(31)18-5-6-25-23(13-18)30-7-9-32-10-8-30/h3-6,11-15H,7-10H2,1-2H3,(H,27,28,31)/i7D2,8D2,9D2,10D2. The maximum Gasteiger partial charge on any atom is 0.257 e. The minimum atomic E-state index is -3.25. The summed E-state index contributed by atoms with van der Waals surface area (Å²) in [5.41, 5.74) is 1.78. The van der Waals surface area contributed by atoms with Crippen molar-refractivity contribution in [2.45, 2.75) is 6.92 Å². The minimum absolute atomic E-state index is 0.0646. The Hall–Kier alpha value is -3.78. The number of carbonyl (C=O) groups excluding carboxylic acids is 1. The highest BCUT2D eigenvalue weighted by atomic mass is 16.5. The van der Waals surface area contributed by atoms with Crippen molar-refractivity contribution in [3.05, 3.63) is 66.4 Å². The highest BCUT2D eigenvalue weighted by Gasteiger charge is 2.15. The number of carbonyl (C=O) groups is 1. The number of hydrogen-bond acceptors (Lipinski definition) is 6. The Morgan fingerprint density at radius 2 is 1.91 bits per heavy atom. The van der Waals surface area contributed by atoms with E-state index in [2.05, 4.69) is 25.0 Å². The molecule has 1 saturated heterocycles. The number of morpholine rings is 1. The van der Waals surface area contributed by atoms with Crippen molar-refractivity contribution in [2.24, 2.45) is 7.05 Å². The second kappa shape index (κ2) is 8.39. The van der Waals surface area contributed by atoms with Crippen molar-refractivity contribution >= 4 is 28.3 Å². The van der Waals surface area contributed by atoms with Crippen LogP contribution in [0.4, 0.5) is 11.6 Å². The van der Waals surface area contributed by atoms with Crippen LogP contribution in [-0.2, 0) is 11.8 Å². The van der Waals surface area contributed by atoms with Gasteiger partial charge in [0.25, 0.3) is 5.91 Å². The van der Waals surface area contributed by atoms with Gasteiger partial charge in [-0.15, -0.1) is 0 Å². The van der Waals surface area contributed by atoms with E-state index in [1.165, 1.54) is 6.07 Å². The molecule has 0 unspecified atom stereocenters. The molecule has 1 aromatic carbocycles. The van der Waals surface area contributed by atoms with Crippen molar-refractivity contribution in [3.8, 4) is 11.3 Å². The van der Waals surface area contributed by atoms with Gasteiger partial charge in [0.2, 0.25) is 0 Å². The van der Waals surface area contributed by atoms with Crippen LogP contribution in [0, 0.1) is 6.92 Å². The normalized spacial score (nSPS) is 24.0. The molecule has 1 amide bonds. The molecule has 8 nitrogen and oxygen atoms in total. The summed E-state index contributed by atoms with van der Waals surface area (Å²) in [5.74, 6) is -0.0884. The fourth-order valence-electron chi connectivity index (χ4n) is 3.31. The Balaban J connectivity index is 1.46. The first-order valence-corrected chi connectivity index (χ1v) is 9.72. The predicted molar refractivity (Wildman–Crippen MR) is 124 cm³/mol. The summed E-state index contributed by atoms with van der Waals surface area (Å²) in [5, 5.41) is 4.30. The third-order valence-electron chi connectivity index (χ3n) is 5.13. The number of ether oxygens (including phenoxy) is 1. The predicted octanol–water partition coefficient (Wildman–Crippen LogP) is 3.43. The number of hydrogen-bond donors (Lipinski definition) is 1. The number of nitrogens with one attached hydrogen (secondary N) is 1. The molecule has 5 rings (SSSR count). The summed E-state index contributed by atoms with van der Waals surface area (Å²) >= 11 is 0. The van der Waals surface area contributed by atoms with Gasteiger partial charge in [-0.05, 0) is 36.6 Å². The average molecular weight is 437 g/mol. The number of aryl methyl sites for hydroxylation is 1. The van der Waals surface area contributed by atoms with E-state index >= 15 is 0 Å². The van der Waals surface area contributed by atoms with Gasteiger partial charge in [-0.2, -0.15) is 0 Å². The zero-order valence-electron chi connectivity index (χ0n) is 25.2. The first-order valence-electron chi connectivity index (χ1n) is 13.7. The summed E-state index contributed by atoms with van der Waals surface area (Å²) in [6, 6.07) is 9.83. The SMILES string of the molecule is [2H]C1([2H])OC([2H])([2H])C([2H])([2H])N(c2cc(C(=O)Nc3cc4cc(-c5cnc(C)n5C)ccc4cn3)ccn2)C1([2H])[2H]. The van der Waals surface area contributed by atoms with Crippen LogP contribution in [0.5, 0.6) is 0 Å². The Bertz CT molecular complexity index is 1610. The van der Waals surface area contributed by atoms with Crippen LogP contribution in [-0.4, -0.2) is 51.5 Å². The van der Waals surface area contributed by atoms with Gasteiger partial charge in [0, 0.05) is 48.9 Å². The lowest BCUT2D eigenvalue weighted by Crippen LogP contribution is -2.36. The molecule has 1 aliphatic heterocycles. The Kier molecular flexibility index (Phi) is 3.39. The molecule has 1 fully saturated rings. The number of fused-ring (bicyclic) bond motifs is 1. The van der Waals surface area contributed by atoms with Gasteiger partial charge in [-0.3, -0.25) is 4.79 Å². The molecule has 162 valence electrons. The smallest absolute Gasteiger partial charge is 0.257 e. The molecule has 0 atom stereocenters. The monoisotopic (exact) mass is 436 g/mol. The van der Waals surface area contributed by atoms with Crippen molar-refractivity contribution in [3.63, 3.8) is 0 Å². The topological polar surface area (TPSA) is 85.2 Å². The van der Waals surface area contributed by atoms with E-state index in [1.54, 1.807) is 18.5 Å². The molecule has 0 bridgehead atoms. The fraction of sp³-hybridized carbons (Fsp3) is 0.250. The lowest BCUT2D eigenvalue weighted by molar-refractivity contribution is 0.102. The highest BCUT2D eigenvalue weighted by molar-refractivity contribution is 6.05. The first kappa shape index (κ1) is 12.9. The molecule has 0 saturated carbocycles. The molecule has 8 heteroatoms. The molecule has 1 aliphatic rings. The highest BCUT2D eigenvalue weighted by Crippen LogP contribution is 2.26. The Morgan fingerprint density at radius 1 is 1.06 bits per heavy atom. The van der Waals surface area contributed by atoms with Gasteiger partial charge in [0.15, 0.2) is 0 Å². The van der Waals surface area contributed by atoms with Crippen LogP contribution in [0.3, 0.4) is 0 Å². The van der Waals surface area contributed by atoms with E-state index in [0.29, 0.717) is 0 Å². The number of pyridine rings is 2. The summed E-state index contributed by atoms with van der Waals surface area (Å²) < 4.78 is 70.9. The number of aromatic nitrogens is 4. The second-order valence-corrected chi connectivity index (χ2v) is 7.10. The van der Waals surface area contributed by atoms with E-state index < -0.39 is 37.8 Å². The number of amides is 1. The zero-order valence-corrected chi connectivity index (χ0v) is 17.2. The molecule has 3 aromatic heterocycles. The fourth-order valence-corrected chi connectivity index (χ4v) is 3.31. The van der Waals surface area contributed by atoms with Crippen molar-refractivity contribution in [2.75, 3.05) is 36.3 Å². The number of benzene rings is 1. The molecule has 1 N–H and O–H groups in total. The van der Waals surface area contributed by atoms with Gasteiger partial charge in [-0.25, -0.2) is 15.0 Å². The van der Waals surface area contributed by atoms with Crippen molar-refractivity contribution < 1.29 is 20.5 Å². The Morgan fingerprint density at radius 3 is 2.69 bits per heavy atom. The van der Waals surface area contributed by atoms with E-state index in [-0.39, 0.29) is 16.3 Å². The Labute approximate surface area is 197 Å². The van der Waals surface area contributed by atoms with Crippen molar-refractivity contribution in [1.82, 2.24) is 19.5 Å². The summed E-state index contributed by atoms with van der Waals surface area (Å²) in [6.45, 7) is -11.0. The third kappa shape index (κ3) is 3.92. The van der Waals surface area contributed by atoms with Crippen LogP contribution in [0.1, 0.15) is 27.1 Å². The second-order valence-electron chi connectivity index (χ2n) is 7.10. The number of rotatable bonds is 4. The van der Waals surface area contributed by atoms with Crippen LogP contribution in [0.2, 0.25) is 0 Å². The maximum absolute atomic E-state index is 13.1. The summed E-state index contributed by atoms with van der Waals surface area (Å²) in [7, 11) is 1.92. The van der Waals surface area contributed by atoms with Gasteiger partial charge < -0.3 is 19.5 Å². The molecule has 4 heterocycles. The number of nitrogens with zero attached hydrogens (tertiary/aromatic N) is 5. The van der Waals surface area contributed by atoms with Gasteiger partial charge in [-0.1, -0.05) is 12.1 Å². The molecule has 4 aromatic rings. The van der Waals surface area contributed by atoms with Crippen LogP contribution >= 0.6 is 0 Å². The van der Waals surface area contributed by atoms with Crippen LogP contribution in [0.15, 0.2) is 55.0 Å². The molecule has 0 spiro atoms. The quantitative estimate of drug-likeness (QED) is 0.528. The molecule has 32 heavy (non-hydrogen) atoms. The first-order chi connectivity index (χ1) is 18.5. The average Bonchev–Trinajstić information content (AvgIpc) is 3.20. The van der Waals surface area contributed by atoms with E-state index in [4.69, 9.17) is 11.0 Å². The van der Waals surface area contributed by atoms with Crippen LogP contribution < -0.4 is 10.2 Å². The lowest BCUT2D eigenvalue weighted by atomic mass is 10.1. The van der Waals surface area contributed by atoms with Crippen molar-refractivity contribution in [1.29, 1.82) is 0 Å². The van der Waals surface area contributed by atoms with Crippen LogP contribution in [0.25, 0.3) is 22.0 Å². The number of imidazole rings is 1. The lowest BCUT2D eigenvalue weighted by Gasteiger charge is -2.27. The zero-order chi connectivity index (χ0) is 29.3. The summed E-state index contributed by atoms with van der Waals surface area (Å²) in [6.07, 6.45) is 4.49. The van der Waals surface area contributed by atoms with E-state index in [1.807, 2.05) is 36.7 Å².